The molecule has 3 aliphatic heterocycles. The zero-order valence-electron chi connectivity index (χ0n) is 12.8. The van der Waals surface area contributed by atoms with E-state index in [4.69, 9.17) is 0 Å². The van der Waals surface area contributed by atoms with E-state index in [9.17, 15) is 0 Å². The molecular formula is C19H24N2. The number of rotatable bonds is 1. The summed E-state index contributed by atoms with van der Waals surface area (Å²) in [6.45, 7) is 4.82. The number of fused-ring (bicyclic) bond motifs is 1. The fourth-order valence-electron chi connectivity index (χ4n) is 6.12. The highest BCUT2D eigenvalue weighted by molar-refractivity contribution is 5.64. The summed E-state index contributed by atoms with van der Waals surface area (Å²) in [5.41, 5.74) is 3.78. The lowest BCUT2D eigenvalue weighted by atomic mass is 9.53. The van der Waals surface area contributed by atoms with E-state index in [0.29, 0.717) is 22.9 Å². The van der Waals surface area contributed by atoms with Crippen molar-refractivity contribution in [2.75, 3.05) is 18.4 Å². The summed E-state index contributed by atoms with van der Waals surface area (Å²) < 4.78 is 0. The molecule has 110 valence electrons. The normalized spacial score (nSPS) is 43.1. The minimum absolute atomic E-state index is 0.357. The fourth-order valence-corrected chi connectivity index (χ4v) is 6.12. The molecule has 1 aromatic rings. The maximum atomic E-state index is 3.88. The molecule has 4 atom stereocenters. The van der Waals surface area contributed by atoms with Crippen molar-refractivity contribution in [1.82, 2.24) is 4.90 Å². The van der Waals surface area contributed by atoms with Gasteiger partial charge in [0.1, 0.15) is 0 Å². The predicted octanol–water partition coefficient (Wildman–Crippen LogP) is 3.55. The first-order valence-electron chi connectivity index (χ1n) is 8.58. The van der Waals surface area contributed by atoms with Crippen molar-refractivity contribution in [1.29, 1.82) is 0 Å². The van der Waals surface area contributed by atoms with Gasteiger partial charge in [0.15, 0.2) is 0 Å². The first-order chi connectivity index (χ1) is 10.3. The monoisotopic (exact) mass is 280 g/mol. The van der Waals surface area contributed by atoms with Crippen LogP contribution >= 0.6 is 0 Å². The highest BCUT2D eigenvalue weighted by Crippen LogP contribution is 2.62. The fraction of sp³-hybridized carbons (Fsp3) is 0.579. The zero-order valence-corrected chi connectivity index (χ0v) is 12.8. The van der Waals surface area contributed by atoms with Crippen LogP contribution in [0.4, 0.5) is 5.69 Å². The van der Waals surface area contributed by atoms with Crippen LogP contribution in [-0.4, -0.2) is 30.1 Å². The number of para-hydroxylation sites is 1. The van der Waals surface area contributed by atoms with Crippen LogP contribution in [0.3, 0.4) is 0 Å². The molecule has 2 heteroatoms. The molecule has 3 heterocycles. The van der Waals surface area contributed by atoms with E-state index in [1.807, 2.05) is 0 Å². The SMILES string of the molecule is CC[C@@]12C=CCN3CC[C@]4(c5ccccc5N[C@@H]4CC1)[C@H]32. The molecule has 5 rings (SSSR count). The van der Waals surface area contributed by atoms with Gasteiger partial charge in [0.25, 0.3) is 0 Å². The molecular weight excluding hydrogens is 256 g/mol. The Labute approximate surface area is 127 Å². The summed E-state index contributed by atoms with van der Waals surface area (Å²) in [6, 6.07) is 10.5. The third-order valence-electron chi connectivity index (χ3n) is 6.94. The molecule has 0 radical (unpaired) electrons. The van der Waals surface area contributed by atoms with Crippen LogP contribution in [-0.2, 0) is 5.41 Å². The van der Waals surface area contributed by atoms with Crippen LogP contribution < -0.4 is 5.32 Å². The second-order valence-electron chi connectivity index (χ2n) is 7.46. The molecule has 1 saturated heterocycles. The van der Waals surface area contributed by atoms with Crippen LogP contribution in [0, 0.1) is 5.41 Å². The second kappa shape index (κ2) is 3.92. The van der Waals surface area contributed by atoms with Gasteiger partial charge in [0, 0.05) is 35.1 Å². The van der Waals surface area contributed by atoms with Crippen molar-refractivity contribution in [3.8, 4) is 0 Å². The molecule has 1 aliphatic carbocycles. The molecule has 0 amide bonds. The number of hydrogen-bond acceptors (Lipinski definition) is 2. The lowest BCUT2D eigenvalue weighted by Gasteiger charge is -2.55. The lowest BCUT2D eigenvalue weighted by Crippen LogP contribution is -2.62. The maximum absolute atomic E-state index is 3.88. The Morgan fingerprint density at radius 2 is 2.19 bits per heavy atom. The second-order valence-corrected chi connectivity index (χ2v) is 7.46. The van der Waals surface area contributed by atoms with Crippen molar-refractivity contribution in [3.05, 3.63) is 42.0 Å². The zero-order chi connectivity index (χ0) is 14.1. The highest BCUT2D eigenvalue weighted by atomic mass is 15.2. The maximum Gasteiger partial charge on any atom is 0.0382 e. The van der Waals surface area contributed by atoms with Gasteiger partial charge in [-0.05, 0) is 43.9 Å². The summed E-state index contributed by atoms with van der Waals surface area (Å²) >= 11 is 0. The summed E-state index contributed by atoms with van der Waals surface area (Å²) in [7, 11) is 0. The predicted molar refractivity (Wildman–Crippen MR) is 86.6 cm³/mol. The summed E-state index contributed by atoms with van der Waals surface area (Å²) in [6.07, 6.45) is 10.3. The summed E-state index contributed by atoms with van der Waals surface area (Å²) in [5, 5.41) is 3.88. The minimum atomic E-state index is 0.357. The Bertz CT molecular complexity index is 622. The van der Waals surface area contributed by atoms with Crippen molar-refractivity contribution in [2.45, 2.75) is 50.1 Å². The Morgan fingerprint density at radius 3 is 3.10 bits per heavy atom. The Hall–Kier alpha value is -1.28. The van der Waals surface area contributed by atoms with Gasteiger partial charge in [-0.2, -0.15) is 0 Å². The molecule has 2 fully saturated rings. The van der Waals surface area contributed by atoms with Gasteiger partial charge >= 0.3 is 0 Å². The van der Waals surface area contributed by atoms with Crippen LogP contribution in [0.1, 0.15) is 38.2 Å². The Balaban J connectivity index is 1.75. The minimum Gasteiger partial charge on any atom is -0.381 e. The molecule has 0 bridgehead atoms. The smallest absolute Gasteiger partial charge is 0.0382 e. The standard InChI is InChI=1S/C19H24N2/c1-2-18-9-5-12-21-13-11-19(17(18)21)14-6-3-4-7-15(14)20-16(19)8-10-18/h3-7,9,16-17,20H,2,8,10-13H2,1H3/t16-,17-,18-,19-/m1/s1. The number of nitrogens with one attached hydrogen (secondary N) is 1. The van der Waals surface area contributed by atoms with E-state index in [0.717, 1.165) is 6.54 Å². The molecule has 0 aromatic heterocycles. The highest BCUT2D eigenvalue weighted by Gasteiger charge is 2.65. The number of benzene rings is 1. The van der Waals surface area contributed by atoms with Gasteiger partial charge in [-0.1, -0.05) is 37.3 Å². The molecule has 1 saturated carbocycles. The average Bonchev–Trinajstić information content (AvgIpc) is 3.08. The van der Waals surface area contributed by atoms with Crippen molar-refractivity contribution >= 4 is 5.69 Å². The average molecular weight is 280 g/mol. The van der Waals surface area contributed by atoms with Gasteiger partial charge in [0.2, 0.25) is 0 Å². The topological polar surface area (TPSA) is 15.3 Å². The third kappa shape index (κ3) is 1.29. The van der Waals surface area contributed by atoms with Gasteiger partial charge in [-0.15, -0.1) is 0 Å². The van der Waals surface area contributed by atoms with Crippen LogP contribution in [0.5, 0.6) is 0 Å². The number of hydrogen-bond donors (Lipinski definition) is 1. The van der Waals surface area contributed by atoms with Crippen molar-refractivity contribution in [3.63, 3.8) is 0 Å². The van der Waals surface area contributed by atoms with Crippen molar-refractivity contribution < 1.29 is 0 Å². The number of nitrogens with zero attached hydrogens (tertiary/aromatic N) is 1. The van der Waals surface area contributed by atoms with Gasteiger partial charge < -0.3 is 5.32 Å². The largest absolute Gasteiger partial charge is 0.381 e. The third-order valence-corrected chi connectivity index (χ3v) is 6.94. The molecule has 2 nitrogen and oxygen atoms in total. The quantitative estimate of drug-likeness (QED) is 0.791. The van der Waals surface area contributed by atoms with E-state index >= 15 is 0 Å². The summed E-state index contributed by atoms with van der Waals surface area (Å²) in [5.74, 6) is 0. The molecule has 1 aromatic carbocycles. The van der Waals surface area contributed by atoms with E-state index in [1.54, 1.807) is 5.56 Å². The molecule has 21 heavy (non-hydrogen) atoms. The van der Waals surface area contributed by atoms with E-state index in [-0.39, 0.29) is 0 Å². The van der Waals surface area contributed by atoms with Crippen LogP contribution in [0.25, 0.3) is 0 Å². The van der Waals surface area contributed by atoms with Gasteiger partial charge in [-0.25, -0.2) is 0 Å². The Kier molecular flexibility index (Phi) is 2.29. The van der Waals surface area contributed by atoms with E-state index < -0.39 is 0 Å². The van der Waals surface area contributed by atoms with Crippen molar-refractivity contribution in [2.24, 2.45) is 5.41 Å². The lowest BCUT2D eigenvalue weighted by molar-refractivity contribution is 0.0364. The molecule has 0 unspecified atom stereocenters. The van der Waals surface area contributed by atoms with Crippen LogP contribution in [0.15, 0.2) is 36.4 Å². The van der Waals surface area contributed by atoms with Crippen LogP contribution in [0.2, 0.25) is 0 Å². The van der Waals surface area contributed by atoms with Gasteiger partial charge in [-0.3, -0.25) is 4.90 Å². The van der Waals surface area contributed by atoms with E-state index in [1.165, 1.54) is 37.9 Å². The molecule has 1 N–H and O–H groups in total. The van der Waals surface area contributed by atoms with Gasteiger partial charge in [0.05, 0.1) is 0 Å². The van der Waals surface area contributed by atoms with E-state index in [2.05, 4.69) is 53.6 Å². The first-order valence-corrected chi connectivity index (χ1v) is 8.58. The molecule has 4 aliphatic rings. The summed E-state index contributed by atoms with van der Waals surface area (Å²) in [4.78, 5) is 2.78. The first kappa shape index (κ1) is 12.3. The Morgan fingerprint density at radius 1 is 1.29 bits per heavy atom. The number of anilines is 1. The molecule has 1 spiro atoms.